The second kappa shape index (κ2) is 11.3. The molecular formula is C22H24FN10NaO11P2. The number of aromatic nitrogens is 8. The Morgan fingerprint density at radius 3 is 2.64 bits per heavy atom. The SMILES string of the molecule is Nc1nc2c(ncn2C23C[C@H]2[C@@H]2COP(=O)([O-])O[C@H]4[C@@H](F)[C@H](n5cnc6c(N)ncnc65)O[C@@H]4COP(=O)(O)O[C@@H]3[C@@H]2O)c(=O)[nH]1.[Na+]. The van der Waals surface area contributed by atoms with Crippen LogP contribution in [0.3, 0.4) is 0 Å². The molecule has 4 aromatic rings. The molecule has 47 heavy (non-hydrogen) atoms. The molecule has 7 N–H and O–H groups in total. The molecule has 0 radical (unpaired) electrons. The Morgan fingerprint density at radius 2 is 1.85 bits per heavy atom. The quantitative estimate of drug-likeness (QED) is 0.0967. The van der Waals surface area contributed by atoms with Crippen molar-refractivity contribution in [2.24, 2.45) is 11.8 Å². The van der Waals surface area contributed by atoms with Crippen LogP contribution < -0.4 is 51.5 Å². The summed E-state index contributed by atoms with van der Waals surface area (Å²) in [4.78, 5) is 58.8. The first-order valence-electron chi connectivity index (χ1n) is 13.7. The van der Waals surface area contributed by atoms with Gasteiger partial charge in [-0.15, -0.1) is 0 Å². The summed E-state index contributed by atoms with van der Waals surface area (Å²) in [7, 11) is -10.4. The van der Waals surface area contributed by atoms with Crippen LogP contribution in [0.5, 0.6) is 0 Å². The Hall–Kier alpha value is -2.43. The summed E-state index contributed by atoms with van der Waals surface area (Å²) in [6.07, 6.45) is -6.75. The Balaban J connectivity index is 0.00000351. The molecular weight excluding hydrogens is 684 g/mol. The van der Waals surface area contributed by atoms with E-state index in [0.29, 0.717) is 0 Å². The molecule has 0 amide bonds. The largest absolute Gasteiger partial charge is 1.00 e. The maximum atomic E-state index is 15.9. The van der Waals surface area contributed by atoms with E-state index in [-0.39, 0.29) is 70.1 Å². The first-order valence-corrected chi connectivity index (χ1v) is 16.7. The number of nitrogens with zero attached hydrogens (tertiary/aromatic N) is 7. The first-order chi connectivity index (χ1) is 21.8. The number of phosphoric ester groups is 2. The summed E-state index contributed by atoms with van der Waals surface area (Å²) in [5, 5.41) is 11.3. The average molecular weight is 708 g/mol. The summed E-state index contributed by atoms with van der Waals surface area (Å²) >= 11 is 0. The van der Waals surface area contributed by atoms with Crippen molar-refractivity contribution >= 4 is 49.7 Å². The van der Waals surface area contributed by atoms with Gasteiger partial charge in [-0.25, -0.2) is 28.9 Å². The number of ether oxygens (including phenoxy) is 1. The van der Waals surface area contributed by atoms with Crippen molar-refractivity contribution < 1.29 is 80.8 Å². The minimum Gasteiger partial charge on any atom is -0.756 e. The number of aliphatic hydroxyl groups is 1. The van der Waals surface area contributed by atoms with Crippen LogP contribution in [0.4, 0.5) is 16.2 Å². The second-order valence-corrected chi connectivity index (χ2v) is 14.2. The van der Waals surface area contributed by atoms with Crippen LogP contribution in [0.1, 0.15) is 12.6 Å². The Bertz CT molecular complexity index is 2050. The van der Waals surface area contributed by atoms with Gasteiger partial charge in [-0.1, -0.05) is 0 Å². The summed E-state index contributed by atoms with van der Waals surface area (Å²) < 4.78 is 71.6. The fourth-order valence-electron chi connectivity index (χ4n) is 6.85. The number of rotatable bonds is 2. The molecule has 4 fully saturated rings. The van der Waals surface area contributed by atoms with E-state index < -0.39 is 88.6 Å². The molecule has 2 saturated heterocycles. The summed E-state index contributed by atoms with van der Waals surface area (Å²) in [6.45, 7) is -1.57. The number of phosphoric acid groups is 2. The number of anilines is 2. The predicted octanol–water partition coefficient (Wildman–Crippen LogP) is -4.54. The monoisotopic (exact) mass is 708 g/mol. The molecule has 0 spiro atoms. The van der Waals surface area contributed by atoms with Gasteiger partial charge in [0.25, 0.3) is 13.4 Å². The van der Waals surface area contributed by atoms with E-state index in [1.165, 1.54) is 10.9 Å². The van der Waals surface area contributed by atoms with Crippen molar-refractivity contribution in [3.63, 3.8) is 0 Å². The minimum atomic E-state index is -5.33. The van der Waals surface area contributed by atoms with Crippen LogP contribution in [0, 0.1) is 11.8 Å². The maximum Gasteiger partial charge on any atom is 1.00 e. The summed E-state index contributed by atoms with van der Waals surface area (Å²) in [6, 6.07) is 0. The number of nitrogens with two attached hydrogens (primary N) is 2. The van der Waals surface area contributed by atoms with Crippen molar-refractivity contribution in [1.82, 2.24) is 39.0 Å². The fraction of sp³-hybridized carbons (Fsp3) is 0.545. The van der Waals surface area contributed by atoms with Crippen LogP contribution in [-0.4, -0.2) is 92.8 Å². The van der Waals surface area contributed by atoms with Crippen molar-refractivity contribution in [3.8, 4) is 0 Å². The van der Waals surface area contributed by atoms with E-state index in [2.05, 4.69) is 29.9 Å². The van der Waals surface area contributed by atoms with Crippen molar-refractivity contribution in [1.29, 1.82) is 0 Å². The zero-order valence-corrected chi connectivity index (χ0v) is 27.9. The average Bonchev–Trinajstić information content (AvgIpc) is 3.26. The molecule has 25 heteroatoms. The zero-order valence-electron chi connectivity index (χ0n) is 24.1. The Kier molecular flexibility index (Phi) is 7.96. The van der Waals surface area contributed by atoms with Gasteiger partial charge in [0.1, 0.15) is 30.2 Å². The van der Waals surface area contributed by atoms with Crippen molar-refractivity contribution in [2.75, 3.05) is 24.7 Å². The van der Waals surface area contributed by atoms with Crippen molar-refractivity contribution in [2.45, 2.75) is 48.8 Å². The minimum absolute atomic E-state index is 0. The van der Waals surface area contributed by atoms with Gasteiger partial charge in [0.2, 0.25) is 5.95 Å². The number of imidazole rings is 2. The van der Waals surface area contributed by atoms with E-state index in [9.17, 15) is 28.8 Å². The molecule has 3 unspecified atom stereocenters. The number of nitrogens with one attached hydrogen (secondary N) is 1. The van der Waals surface area contributed by atoms with Gasteiger partial charge in [0, 0.05) is 5.92 Å². The van der Waals surface area contributed by atoms with Crippen LogP contribution in [0.2, 0.25) is 0 Å². The molecule has 2 aliphatic carbocycles. The Morgan fingerprint density at radius 1 is 1.09 bits per heavy atom. The van der Waals surface area contributed by atoms with Gasteiger partial charge in [-0.2, -0.15) is 4.98 Å². The molecule has 6 heterocycles. The topological polar surface area (TPSA) is 303 Å². The van der Waals surface area contributed by atoms with Gasteiger partial charge in [-0.05, 0) is 12.3 Å². The summed E-state index contributed by atoms with van der Waals surface area (Å²) in [5.41, 5.74) is 9.66. The van der Waals surface area contributed by atoms with E-state index in [4.69, 9.17) is 34.3 Å². The summed E-state index contributed by atoms with van der Waals surface area (Å²) in [5.74, 6) is -1.88. The number of aromatic amines is 1. The van der Waals surface area contributed by atoms with Crippen molar-refractivity contribution in [3.05, 3.63) is 29.3 Å². The molecule has 2 aliphatic heterocycles. The number of fused-ring (bicyclic) bond motifs is 8. The number of nitrogen functional groups attached to an aromatic ring is 2. The molecule has 2 saturated carbocycles. The maximum absolute atomic E-state index is 15.9. The zero-order chi connectivity index (χ0) is 32.3. The molecule has 2 bridgehead atoms. The first kappa shape index (κ1) is 33.1. The smallest absolute Gasteiger partial charge is 0.756 e. The van der Waals surface area contributed by atoms with E-state index in [1.807, 2.05) is 0 Å². The van der Waals surface area contributed by atoms with Gasteiger partial charge in [-0.3, -0.25) is 28.0 Å². The molecule has 4 aliphatic rings. The van der Waals surface area contributed by atoms with Crippen LogP contribution in [-0.2, 0) is 37.5 Å². The van der Waals surface area contributed by atoms with Crippen LogP contribution in [0.15, 0.2) is 23.8 Å². The van der Waals surface area contributed by atoms with Gasteiger partial charge >= 0.3 is 37.4 Å². The number of halogens is 1. The van der Waals surface area contributed by atoms with E-state index in [0.717, 1.165) is 17.2 Å². The number of hydrogen-bond donors (Lipinski definition) is 5. The third-order valence-electron chi connectivity index (χ3n) is 8.91. The Labute approximate surface area is 283 Å². The molecule has 246 valence electrons. The molecule has 11 atom stereocenters. The number of H-pyrrole nitrogens is 1. The third-order valence-corrected chi connectivity index (χ3v) is 10.8. The van der Waals surface area contributed by atoms with E-state index >= 15 is 4.39 Å². The standard InChI is InChI=1S/C22H25FN10O11P2.Na/c23-10-14-9(42-20(10)32-5-28-11-16(24)26-4-27-17(11)32)3-41-46(38,39)44-15-13(34)7(2-40-45(36,37)43-14)8-1-22(8,15)33-6-29-12-18(33)30-21(25)31-19(12)35;/h4-10,13-15,20,34H,1-3H2,(H,36,37)(H,38,39)(H2,24,26,27)(H3,25,30,31,35);/q;+1/p-1/t7-,8-,9+,10+,13+,14+,15+,20+,22?;/m0./s1. The van der Waals surface area contributed by atoms with Gasteiger partial charge < -0.3 is 44.7 Å². The normalized spacial score (nSPS) is 40.2. The molecule has 0 aromatic carbocycles. The number of aliphatic hydroxyl groups excluding tert-OH is 1. The third kappa shape index (κ3) is 5.18. The molecule has 4 aromatic heterocycles. The number of alkyl halides is 1. The van der Waals surface area contributed by atoms with Crippen LogP contribution >= 0.6 is 15.6 Å². The molecule has 8 rings (SSSR count). The second-order valence-electron chi connectivity index (χ2n) is 11.4. The van der Waals surface area contributed by atoms with Crippen LogP contribution in [0.25, 0.3) is 22.3 Å². The number of hydrogen-bond acceptors (Lipinski definition) is 17. The van der Waals surface area contributed by atoms with Gasteiger partial charge in [0.15, 0.2) is 35.0 Å². The predicted molar refractivity (Wildman–Crippen MR) is 146 cm³/mol. The van der Waals surface area contributed by atoms with E-state index in [1.54, 1.807) is 0 Å². The molecule has 21 nitrogen and oxygen atoms in total. The fourth-order valence-corrected chi connectivity index (χ4v) is 8.80. The van der Waals surface area contributed by atoms with Gasteiger partial charge in [0.05, 0.1) is 37.5 Å².